The van der Waals surface area contributed by atoms with Crippen LogP contribution in [0.3, 0.4) is 0 Å². The lowest BCUT2D eigenvalue weighted by Crippen LogP contribution is -2.27. The van der Waals surface area contributed by atoms with Crippen LogP contribution in [0.2, 0.25) is 10.0 Å². The first-order valence-corrected chi connectivity index (χ1v) is 6.66. The summed E-state index contributed by atoms with van der Waals surface area (Å²) < 4.78 is 1.77. The highest BCUT2D eigenvalue weighted by molar-refractivity contribution is 6.43. The van der Waals surface area contributed by atoms with Crippen molar-refractivity contribution in [1.82, 2.24) is 20.2 Å². The van der Waals surface area contributed by atoms with Crippen LogP contribution in [0.4, 0.5) is 5.69 Å². The molecule has 0 aliphatic heterocycles. The van der Waals surface area contributed by atoms with Crippen molar-refractivity contribution in [2.75, 3.05) is 5.73 Å². The molecule has 0 atom stereocenters. The van der Waals surface area contributed by atoms with E-state index >= 15 is 0 Å². The Bertz CT molecular complexity index is 583. The number of nitrogens with zero attached hydrogens (tertiary/aromatic N) is 4. The number of hydrogen-bond acceptors (Lipinski definition) is 4. The van der Waals surface area contributed by atoms with Gasteiger partial charge in [0.15, 0.2) is 5.82 Å². The molecule has 0 aliphatic rings. The summed E-state index contributed by atoms with van der Waals surface area (Å²) in [7, 11) is 0. The van der Waals surface area contributed by atoms with Crippen LogP contribution in [-0.2, 0) is 5.54 Å². The Morgan fingerprint density at radius 2 is 2.00 bits per heavy atom. The van der Waals surface area contributed by atoms with Crippen LogP contribution in [0, 0.1) is 0 Å². The highest BCUT2D eigenvalue weighted by Crippen LogP contribution is 2.34. The molecule has 0 spiro atoms. The van der Waals surface area contributed by atoms with Gasteiger partial charge in [0, 0.05) is 5.56 Å². The summed E-state index contributed by atoms with van der Waals surface area (Å²) in [5, 5.41) is 12.6. The smallest absolute Gasteiger partial charge is 0.182 e. The van der Waals surface area contributed by atoms with Gasteiger partial charge in [-0.3, -0.25) is 0 Å². The van der Waals surface area contributed by atoms with Crippen molar-refractivity contribution in [3.8, 4) is 11.4 Å². The molecule has 7 heteroatoms. The van der Waals surface area contributed by atoms with Crippen molar-refractivity contribution >= 4 is 28.9 Å². The average molecular weight is 300 g/mol. The Kier molecular flexibility index (Phi) is 3.69. The minimum atomic E-state index is -0.195. The molecule has 5 nitrogen and oxygen atoms in total. The molecule has 0 bridgehead atoms. The highest BCUT2D eigenvalue weighted by atomic mass is 35.5. The molecule has 0 fully saturated rings. The number of anilines is 1. The SMILES string of the molecule is CCC(C)(C)n1nnnc1-c1cc(N)c(Cl)c(Cl)c1. The molecule has 1 heterocycles. The van der Waals surface area contributed by atoms with E-state index in [9.17, 15) is 0 Å². The van der Waals surface area contributed by atoms with Crippen LogP contribution in [-0.4, -0.2) is 20.2 Å². The topological polar surface area (TPSA) is 69.6 Å². The van der Waals surface area contributed by atoms with Gasteiger partial charge in [-0.05, 0) is 42.8 Å². The summed E-state index contributed by atoms with van der Waals surface area (Å²) in [6, 6.07) is 3.44. The lowest BCUT2D eigenvalue weighted by Gasteiger charge is -2.24. The lowest BCUT2D eigenvalue weighted by molar-refractivity contribution is 0.305. The zero-order chi connectivity index (χ0) is 14.2. The molecule has 0 saturated carbocycles. The van der Waals surface area contributed by atoms with Gasteiger partial charge in [-0.15, -0.1) is 5.10 Å². The molecule has 0 amide bonds. The number of nitrogens with two attached hydrogens (primary N) is 1. The monoisotopic (exact) mass is 299 g/mol. The van der Waals surface area contributed by atoms with Gasteiger partial charge in [0.2, 0.25) is 0 Å². The standard InChI is InChI=1S/C12H15Cl2N5/c1-4-12(2,3)19-11(16-17-18-19)7-5-8(13)10(14)9(15)6-7/h5-6H,4,15H2,1-3H3. The van der Waals surface area contributed by atoms with Gasteiger partial charge in [-0.2, -0.15) is 0 Å². The molecule has 0 aliphatic carbocycles. The third-order valence-electron chi connectivity index (χ3n) is 3.22. The van der Waals surface area contributed by atoms with Crippen LogP contribution in [0.25, 0.3) is 11.4 Å². The molecular weight excluding hydrogens is 285 g/mol. The van der Waals surface area contributed by atoms with Crippen LogP contribution < -0.4 is 5.73 Å². The van der Waals surface area contributed by atoms with Gasteiger partial charge >= 0.3 is 0 Å². The van der Waals surface area contributed by atoms with Crippen LogP contribution >= 0.6 is 23.2 Å². The molecule has 1 aromatic carbocycles. The van der Waals surface area contributed by atoms with Crippen molar-refractivity contribution in [3.05, 3.63) is 22.2 Å². The fraction of sp³-hybridized carbons (Fsp3) is 0.417. The van der Waals surface area contributed by atoms with E-state index in [1.54, 1.807) is 16.8 Å². The second kappa shape index (κ2) is 4.98. The number of benzene rings is 1. The second-order valence-electron chi connectivity index (χ2n) is 4.94. The van der Waals surface area contributed by atoms with Gasteiger partial charge in [0.05, 0.1) is 21.3 Å². The minimum Gasteiger partial charge on any atom is -0.397 e. The van der Waals surface area contributed by atoms with Gasteiger partial charge in [0.1, 0.15) is 0 Å². The van der Waals surface area contributed by atoms with Crippen molar-refractivity contribution in [2.24, 2.45) is 0 Å². The van der Waals surface area contributed by atoms with Crippen molar-refractivity contribution in [2.45, 2.75) is 32.7 Å². The maximum Gasteiger partial charge on any atom is 0.182 e. The van der Waals surface area contributed by atoms with Crippen molar-refractivity contribution in [3.63, 3.8) is 0 Å². The molecule has 0 saturated heterocycles. The predicted molar refractivity (Wildman–Crippen MR) is 77.3 cm³/mol. The zero-order valence-electron chi connectivity index (χ0n) is 11.0. The van der Waals surface area contributed by atoms with Crippen molar-refractivity contribution in [1.29, 1.82) is 0 Å². The Balaban J connectivity index is 2.58. The van der Waals surface area contributed by atoms with E-state index in [0.717, 1.165) is 12.0 Å². The number of tetrazole rings is 1. The maximum absolute atomic E-state index is 6.05. The Morgan fingerprint density at radius 1 is 1.32 bits per heavy atom. The van der Waals surface area contributed by atoms with Crippen LogP contribution in [0.5, 0.6) is 0 Å². The summed E-state index contributed by atoms with van der Waals surface area (Å²) >= 11 is 12.0. The summed E-state index contributed by atoms with van der Waals surface area (Å²) in [5.74, 6) is 0.622. The predicted octanol–water partition coefficient (Wildman–Crippen LogP) is 3.37. The van der Waals surface area contributed by atoms with E-state index in [-0.39, 0.29) is 5.54 Å². The van der Waals surface area contributed by atoms with E-state index in [1.807, 2.05) is 0 Å². The third-order valence-corrected chi connectivity index (χ3v) is 4.04. The van der Waals surface area contributed by atoms with Gasteiger partial charge in [-0.1, -0.05) is 30.1 Å². The fourth-order valence-electron chi connectivity index (χ4n) is 1.66. The van der Waals surface area contributed by atoms with E-state index in [4.69, 9.17) is 28.9 Å². The number of rotatable bonds is 3. The minimum absolute atomic E-state index is 0.195. The van der Waals surface area contributed by atoms with Gasteiger partial charge < -0.3 is 5.73 Å². The molecular formula is C12H15Cl2N5. The summed E-state index contributed by atoms with van der Waals surface area (Å²) in [4.78, 5) is 0. The first kappa shape index (κ1) is 14.1. The normalized spacial score (nSPS) is 11.8. The van der Waals surface area contributed by atoms with E-state index in [2.05, 4.69) is 36.3 Å². The molecule has 2 rings (SSSR count). The molecule has 2 aromatic rings. The summed E-state index contributed by atoms with van der Waals surface area (Å²) in [6.07, 6.45) is 0.891. The number of halogens is 2. The first-order valence-electron chi connectivity index (χ1n) is 5.90. The molecule has 1 aromatic heterocycles. The molecule has 102 valence electrons. The van der Waals surface area contributed by atoms with Crippen molar-refractivity contribution < 1.29 is 0 Å². The molecule has 19 heavy (non-hydrogen) atoms. The van der Waals surface area contributed by atoms with Crippen LogP contribution in [0.15, 0.2) is 12.1 Å². The largest absolute Gasteiger partial charge is 0.397 e. The number of aromatic nitrogens is 4. The quantitative estimate of drug-likeness (QED) is 0.882. The van der Waals surface area contributed by atoms with Gasteiger partial charge in [0.25, 0.3) is 0 Å². The summed E-state index contributed by atoms with van der Waals surface area (Å²) in [6.45, 7) is 6.20. The zero-order valence-corrected chi connectivity index (χ0v) is 12.5. The molecule has 0 radical (unpaired) electrons. The van der Waals surface area contributed by atoms with E-state index in [1.165, 1.54) is 0 Å². The average Bonchev–Trinajstić information content (AvgIpc) is 2.85. The third kappa shape index (κ3) is 2.53. The lowest BCUT2D eigenvalue weighted by atomic mass is 10.0. The van der Waals surface area contributed by atoms with E-state index in [0.29, 0.717) is 21.6 Å². The first-order chi connectivity index (χ1) is 8.86. The maximum atomic E-state index is 6.05. The summed E-state index contributed by atoms with van der Waals surface area (Å²) in [5.41, 5.74) is 6.79. The fourth-order valence-corrected chi connectivity index (χ4v) is 2.00. The molecule has 2 N–H and O–H groups in total. The van der Waals surface area contributed by atoms with Gasteiger partial charge in [-0.25, -0.2) is 4.68 Å². The van der Waals surface area contributed by atoms with E-state index < -0.39 is 0 Å². The molecule has 0 unspecified atom stereocenters. The Morgan fingerprint density at radius 3 is 2.58 bits per heavy atom. The number of nitrogen functional groups attached to an aromatic ring is 1. The Labute approximate surface area is 121 Å². The second-order valence-corrected chi connectivity index (χ2v) is 5.73. The Hall–Kier alpha value is -1.33. The number of hydrogen-bond donors (Lipinski definition) is 1. The highest BCUT2D eigenvalue weighted by Gasteiger charge is 2.24. The van der Waals surface area contributed by atoms with Crippen LogP contribution in [0.1, 0.15) is 27.2 Å².